The van der Waals surface area contributed by atoms with Gasteiger partial charge in [0.05, 0.1) is 0 Å². The van der Waals surface area contributed by atoms with Crippen LogP contribution in [-0.4, -0.2) is 57.0 Å². The predicted octanol–water partition coefficient (Wildman–Crippen LogP) is -0.738. The van der Waals surface area contributed by atoms with Crippen LogP contribution in [-0.2, 0) is 9.47 Å². The topological polar surface area (TPSA) is 38.7 Å². The number of methoxy groups -OCH3 is 1. The summed E-state index contributed by atoms with van der Waals surface area (Å²) in [5.74, 6) is 0. The van der Waals surface area contributed by atoms with E-state index in [1.165, 1.54) is 5.32 Å². The molecule has 0 aromatic rings. The van der Waals surface area contributed by atoms with Crippen LogP contribution in [0.2, 0.25) is 10.1 Å². The molecule has 2 aliphatic heterocycles. The van der Waals surface area contributed by atoms with Gasteiger partial charge in [0, 0.05) is 0 Å². The van der Waals surface area contributed by atoms with E-state index in [1.807, 2.05) is 0 Å². The summed E-state index contributed by atoms with van der Waals surface area (Å²) in [6.45, 7) is 0. The van der Waals surface area contributed by atoms with Gasteiger partial charge < -0.3 is 0 Å². The van der Waals surface area contributed by atoms with Crippen molar-refractivity contribution in [2.75, 3.05) is 7.11 Å². The summed E-state index contributed by atoms with van der Waals surface area (Å²) < 4.78 is 10.5. The third-order valence-electron chi connectivity index (χ3n) is 1.93. The summed E-state index contributed by atoms with van der Waals surface area (Å²) in [5, 5.41) is 10.8. The monoisotopic (exact) mass is 290 g/mol. The van der Waals surface area contributed by atoms with Crippen LogP contribution >= 0.6 is 0 Å². The number of hydrogen-bond acceptors (Lipinski definition) is 3. The molecule has 0 spiro atoms. The second kappa shape index (κ2) is 3.35. The van der Waals surface area contributed by atoms with E-state index in [-0.39, 0.29) is 12.4 Å². The molecule has 2 fully saturated rings. The van der Waals surface area contributed by atoms with Crippen molar-refractivity contribution in [2.45, 2.75) is 28.6 Å². The van der Waals surface area contributed by atoms with E-state index >= 15 is 0 Å². The summed E-state index contributed by atoms with van der Waals surface area (Å²) in [5.41, 5.74) is 0. The van der Waals surface area contributed by atoms with Gasteiger partial charge in [-0.15, -0.1) is 0 Å². The average molecular weight is 288 g/mol. The van der Waals surface area contributed by atoms with Crippen LogP contribution in [0, 0.1) is 0 Å². The van der Waals surface area contributed by atoms with Crippen molar-refractivity contribution in [3.05, 3.63) is 0 Å². The first kappa shape index (κ1) is 8.51. The van der Waals surface area contributed by atoms with Crippen LogP contribution in [0.25, 0.3) is 0 Å². The Morgan fingerprint density at radius 2 is 2.45 bits per heavy atom. The van der Waals surface area contributed by atoms with Gasteiger partial charge in [0.2, 0.25) is 0 Å². The van der Waals surface area contributed by atoms with Crippen molar-refractivity contribution in [2.24, 2.45) is 0 Å². The van der Waals surface area contributed by atoms with Crippen molar-refractivity contribution in [1.82, 2.24) is 0 Å². The summed E-state index contributed by atoms with van der Waals surface area (Å²) in [6, 6.07) is 0. The molecular weight excluding hydrogens is 278 g/mol. The van der Waals surface area contributed by atoms with Crippen LogP contribution in [0.3, 0.4) is 0 Å². The summed E-state index contributed by atoms with van der Waals surface area (Å²) in [6.07, 6.45) is -0.382. The van der Waals surface area contributed by atoms with E-state index in [1.54, 1.807) is 7.11 Å². The fourth-order valence-electron chi connectivity index (χ4n) is 1.34. The third-order valence-corrected chi connectivity index (χ3v) is 10.3. The Bertz CT molecular complexity index is 155. The summed E-state index contributed by atoms with van der Waals surface area (Å²) in [4.78, 5) is 0.424. The number of ether oxygens (including phenoxy) is 2. The van der Waals surface area contributed by atoms with E-state index in [0.29, 0.717) is 24.1 Å². The normalized spacial score (nSPS) is 49.6. The molecule has 0 aromatic carbocycles. The minimum absolute atomic E-state index is 0.315. The van der Waals surface area contributed by atoms with Crippen molar-refractivity contribution in [3.63, 3.8) is 0 Å². The molecule has 0 aliphatic carbocycles. The second-order valence-corrected chi connectivity index (χ2v) is 10.0. The van der Waals surface area contributed by atoms with Gasteiger partial charge in [0.15, 0.2) is 0 Å². The maximum absolute atomic E-state index is 9.63. The average Bonchev–Trinajstić information content (AvgIpc) is 2.53. The van der Waals surface area contributed by atoms with Crippen molar-refractivity contribution in [1.29, 1.82) is 0 Å². The number of aliphatic hydroxyl groups is 1. The predicted molar refractivity (Wildman–Crippen MR) is 41.7 cm³/mol. The molecule has 4 atom stereocenters. The van der Waals surface area contributed by atoms with Gasteiger partial charge in [0.1, 0.15) is 0 Å². The fraction of sp³-hybridized carbons (Fsp3) is 1.00. The molecule has 64 valence electrons. The Morgan fingerprint density at radius 1 is 1.64 bits per heavy atom. The molecule has 11 heavy (non-hydrogen) atoms. The van der Waals surface area contributed by atoms with E-state index in [4.69, 9.17) is 9.47 Å². The number of hydrogen-bond donors (Lipinski definition) is 1. The molecule has 0 unspecified atom stereocenters. The minimum atomic E-state index is -0.352. The van der Waals surface area contributed by atoms with Crippen molar-refractivity contribution >= 4 is 26.3 Å². The molecular formula is C6H10O3Se2. The Labute approximate surface area is 76.7 Å². The van der Waals surface area contributed by atoms with Gasteiger partial charge in [0.25, 0.3) is 0 Å². The fourth-order valence-corrected chi connectivity index (χ4v) is 11.1. The molecule has 0 aromatic heterocycles. The van der Waals surface area contributed by atoms with E-state index in [2.05, 4.69) is 0 Å². The van der Waals surface area contributed by atoms with Crippen LogP contribution in [0.4, 0.5) is 0 Å². The van der Waals surface area contributed by atoms with E-state index in [9.17, 15) is 5.11 Å². The van der Waals surface area contributed by atoms with Crippen molar-refractivity contribution < 1.29 is 14.6 Å². The zero-order chi connectivity index (χ0) is 7.84. The zero-order valence-corrected chi connectivity index (χ0v) is 9.52. The van der Waals surface area contributed by atoms with Crippen LogP contribution in [0.1, 0.15) is 0 Å². The molecule has 5 heteroatoms. The van der Waals surface area contributed by atoms with E-state index < -0.39 is 0 Å². The Hall–Kier alpha value is 0.919. The first-order valence-corrected chi connectivity index (χ1v) is 10.0. The molecule has 0 bridgehead atoms. The van der Waals surface area contributed by atoms with Crippen LogP contribution in [0.15, 0.2) is 0 Å². The number of rotatable bonds is 1. The molecule has 0 amide bonds. The number of aliphatic hydroxyl groups excluding tert-OH is 1. The van der Waals surface area contributed by atoms with Crippen LogP contribution < -0.4 is 0 Å². The molecule has 2 rings (SSSR count). The zero-order valence-electron chi connectivity index (χ0n) is 6.10. The number of fused-ring (bicyclic) bond motifs is 1. The van der Waals surface area contributed by atoms with Gasteiger partial charge in [-0.05, 0) is 0 Å². The molecule has 3 nitrogen and oxygen atoms in total. The first-order chi connectivity index (χ1) is 5.33. The van der Waals surface area contributed by atoms with Crippen molar-refractivity contribution in [3.8, 4) is 0 Å². The summed E-state index contributed by atoms with van der Waals surface area (Å²) in [7, 11) is 1.59. The van der Waals surface area contributed by atoms with E-state index in [0.717, 1.165) is 13.1 Å². The standard InChI is InChI=1S/C6H10O3Se2/c1-8-6-4(7)5-3(9-6)2-10-11-5/h3-7H,2H2,1H3/t3-,4-,5+,6+/m1/s1. The molecule has 0 saturated carbocycles. The van der Waals surface area contributed by atoms with Crippen LogP contribution in [0.5, 0.6) is 0 Å². The Balaban J connectivity index is 2.04. The quantitative estimate of drug-likeness (QED) is 0.646. The molecule has 2 saturated heterocycles. The molecule has 1 N–H and O–H groups in total. The third kappa shape index (κ3) is 1.40. The Kier molecular flexibility index (Phi) is 2.59. The Morgan fingerprint density at radius 3 is 3.09 bits per heavy atom. The molecule has 2 aliphatic rings. The van der Waals surface area contributed by atoms with Gasteiger partial charge in [-0.25, -0.2) is 0 Å². The van der Waals surface area contributed by atoms with Gasteiger partial charge in [-0.2, -0.15) is 0 Å². The van der Waals surface area contributed by atoms with Gasteiger partial charge in [-0.1, -0.05) is 0 Å². The SMILES string of the molecule is CO[C@H]1O[C@@H]2C[Se][Se][C@@H]2[C@H]1O. The maximum atomic E-state index is 9.63. The summed E-state index contributed by atoms with van der Waals surface area (Å²) >= 11 is 1.38. The second-order valence-electron chi connectivity index (χ2n) is 2.61. The van der Waals surface area contributed by atoms with Gasteiger partial charge >= 0.3 is 76.6 Å². The molecule has 2 heterocycles. The van der Waals surface area contributed by atoms with Gasteiger partial charge in [-0.3, -0.25) is 0 Å². The molecule has 0 radical (unpaired) electrons. The first-order valence-electron chi connectivity index (χ1n) is 3.47.